The zero-order valence-electron chi connectivity index (χ0n) is 11.2. The van der Waals surface area contributed by atoms with E-state index in [1.54, 1.807) is 0 Å². The molecule has 5 heteroatoms. The van der Waals surface area contributed by atoms with Crippen molar-refractivity contribution in [1.29, 1.82) is 0 Å². The monoisotopic (exact) mass is 272 g/mol. The summed E-state index contributed by atoms with van der Waals surface area (Å²) < 4.78 is 21.6. The smallest absolute Gasteiger partial charge is 0.312 e. The third-order valence-corrected chi connectivity index (χ3v) is 6.20. The van der Waals surface area contributed by atoms with Crippen LogP contribution in [0.1, 0.15) is 19.8 Å². The fraction of sp³-hybridized carbons (Fsp3) is 0.769. The maximum absolute atomic E-state index is 12.2. The fourth-order valence-electron chi connectivity index (χ4n) is 3.18. The van der Waals surface area contributed by atoms with Gasteiger partial charge in [-0.2, -0.15) is 0 Å². The van der Waals surface area contributed by atoms with Crippen molar-refractivity contribution in [2.24, 2.45) is 23.7 Å². The van der Waals surface area contributed by atoms with Gasteiger partial charge in [-0.05, 0) is 30.6 Å². The summed E-state index contributed by atoms with van der Waals surface area (Å²) >= 11 is 0. The Morgan fingerprint density at radius 3 is 2.44 bits per heavy atom. The summed E-state index contributed by atoms with van der Waals surface area (Å²) in [4.78, 5) is 12.2. The van der Waals surface area contributed by atoms with Gasteiger partial charge in [0.1, 0.15) is 11.9 Å². The topological polar surface area (TPSA) is 52.6 Å². The fourth-order valence-corrected chi connectivity index (χ4v) is 4.25. The molecule has 2 bridgehead atoms. The van der Waals surface area contributed by atoms with E-state index in [0.29, 0.717) is 17.8 Å². The number of carbonyl (C=O) groups excluding carboxylic acids is 1. The number of hydrogen-bond acceptors (Lipinski definition) is 4. The minimum atomic E-state index is -3.22. The van der Waals surface area contributed by atoms with Crippen LogP contribution in [-0.4, -0.2) is 26.2 Å². The third-order valence-electron chi connectivity index (χ3n) is 4.39. The number of Topliss-reactive ketones (excluding diaryl/α,β-unsaturated/α-hetero) is 1. The van der Waals surface area contributed by atoms with Crippen molar-refractivity contribution in [3.8, 4) is 0 Å². The van der Waals surface area contributed by atoms with E-state index in [0.717, 1.165) is 6.42 Å². The van der Waals surface area contributed by atoms with E-state index in [-0.39, 0.29) is 17.9 Å². The summed E-state index contributed by atoms with van der Waals surface area (Å²) in [6.07, 6.45) is 6.63. The first-order chi connectivity index (χ1) is 8.49. The Morgan fingerprint density at radius 2 is 2.00 bits per heavy atom. The van der Waals surface area contributed by atoms with Gasteiger partial charge >= 0.3 is 7.60 Å². The maximum atomic E-state index is 12.2. The molecule has 4 nitrogen and oxygen atoms in total. The van der Waals surface area contributed by atoms with E-state index in [1.807, 2.05) is 6.92 Å². The third kappa shape index (κ3) is 2.61. The molecule has 2 aliphatic carbocycles. The predicted octanol–water partition coefficient (Wildman–Crippen LogP) is 2.89. The summed E-state index contributed by atoms with van der Waals surface area (Å²) in [6.45, 7) is 1.94. The summed E-state index contributed by atoms with van der Waals surface area (Å²) in [5.41, 5.74) is 0. The zero-order chi connectivity index (χ0) is 13.3. The molecule has 0 saturated heterocycles. The second-order valence-electron chi connectivity index (χ2n) is 5.33. The SMILES string of the molecule is COP(=O)(CC(=O)C(C)C1CC2C=CC1C2)OC. The summed E-state index contributed by atoms with van der Waals surface area (Å²) in [5, 5.41) is 0. The molecule has 0 amide bonds. The van der Waals surface area contributed by atoms with E-state index in [2.05, 4.69) is 12.2 Å². The Labute approximate surface area is 108 Å². The van der Waals surface area contributed by atoms with Crippen molar-refractivity contribution in [2.75, 3.05) is 20.4 Å². The quantitative estimate of drug-likeness (QED) is 0.551. The molecule has 0 aromatic carbocycles. The number of rotatable bonds is 6. The van der Waals surface area contributed by atoms with Gasteiger partial charge in [0.2, 0.25) is 0 Å². The van der Waals surface area contributed by atoms with Crippen molar-refractivity contribution >= 4 is 13.4 Å². The number of carbonyl (C=O) groups is 1. The van der Waals surface area contributed by atoms with Crippen molar-refractivity contribution in [3.63, 3.8) is 0 Å². The molecule has 18 heavy (non-hydrogen) atoms. The first-order valence-electron chi connectivity index (χ1n) is 6.40. The number of ketones is 1. The van der Waals surface area contributed by atoms with Crippen LogP contribution >= 0.6 is 7.60 Å². The van der Waals surface area contributed by atoms with E-state index in [1.165, 1.54) is 20.6 Å². The second-order valence-corrected chi connectivity index (χ2v) is 7.60. The lowest BCUT2D eigenvalue weighted by molar-refractivity contribution is -0.122. The molecular formula is C13H21O4P. The van der Waals surface area contributed by atoms with Crippen LogP contribution in [0.3, 0.4) is 0 Å². The molecule has 1 saturated carbocycles. The van der Waals surface area contributed by atoms with Gasteiger partial charge in [-0.25, -0.2) is 0 Å². The Balaban J connectivity index is 1.97. The zero-order valence-corrected chi connectivity index (χ0v) is 12.1. The standard InChI is InChI=1S/C13H21O4P/c1-9(12-7-10-4-5-11(12)6-10)13(14)8-18(15,16-2)17-3/h4-5,9-12H,6-8H2,1-3H3. The van der Waals surface area contributed by atoms with E-state index in [4.69, 9.17) is 9.05 Å². The highest BCUT2D eigenvalue weighted by atomic mass is 31.2. The van der Waals surface area contributed by atoms with Gasteiger partial charge in [0.15, 0.2) is 0 Å². The van der Waals surface area contributed by atoms with Crippen LogP contribution in [0.4, 0.5) is 0 Å². The lowest BCUT2D eigenvalue weighted by atomic mass is 9.81. The Bertz CT molecular complexity index is 396. The summed E-state index contributed by atoms with van der Waals surface area (Å²) in [5.74, 6) is 1.50. The highest BCUT2D eigenvalue weighted by Crippen LogP contribution is 2.50. The van der Waals surface area contributed by atoms with Gasteiger partial charge < -0.3 is 9.05 Å². The Kier molecular flexibility index (Phi) is 4.10. The molecule has 0 aromatic heterocycles. The van der Waals surface area contributed by atoms with Crippen LogP contribution in [0, 0.1) is 23.7 Å². The molecule has 0 heterocycles. The van der Waals surface area contributed by atoms with Crippen LogP contribution in [0.5, 0.6) is 0 Å². The van der Waals surface area contributed by atoms with Gasteiger partial charge in [0.25, 0.3) is 0 Å². The van der Waals surface area contributed by atoms with E-state index >= 15 is 0 Å². The molecule has 2 aliphatic rings. The number of allylic oxidation sites excluding steroid dienone is 2. The normalized spacial score (nSPS) is 31.8. The molecule has 4 atom stereocenters. The molecular weight excluding hydrogens is 251 g/mol. The maximum Gasteiger partial charge on any atom is 0.337 e. The molecule has 4 unspecified atom stereocenters. The molecule has 1 fully saturated rings. The molecule has 102 valence electrons. The first kappa shape index (κ1) is 14.0. The van der Waals surface area contributed by atoms with Crippen LogP contribution in [0.15, 0.2) is 12.2 Å². The average molecular weight is 272 g/mol. The largest absolute Gasteiger partial charge is 0.337 e. The van der Waals surface area contributed by atoms with E-state index < -0.39 is 7.60 Å². The molecule has 0 radical (unpaired) electrons. The highest BCUT2D eigenvalue weighted by Gasteiger charge is 2.41. The van der Waals surface area contributed by atoms with Crippen molar-refractivity contribution in [3.05, 3.63) is 12.2 Å². The molecule has 2 rings (SSSR count). The van der Waals surface area contributed by atoms with Crippen molar-refractivity contribution in [1.82, 2.24) is 0 Å². The average Bonchev–Trinajstić information content (AvgIpc) is 2.99. The minimum Gasteiger partial charge on any atom is -0.312 e. The minimum absolute atomic E-state index is 0.00650. The first-order valence-corrected chi connectivity index (χ1v) is 8.13. The Morgan fingerprint density at radius 1 is 1.33 bits per heavy atom. The van der Waals surface area contributed by atoms with E-state index in [9.17, 15) is 9.36 Å². The van der Waals surface area contributed by atoms with Crippen molar-refractivity contribution in [2.45, 2.75) is 19.8 Å². The van der Waals surface area contributed by atoms with Crippen LogP contribution < -0.4 is 0 Å². The lowest BCUT2D eigenvalue weighted by Gasteiger charge is -2.25. The molecule has 0 N–H and O–H groups in total. The number of hydrogen-bond donors (Lipinski definition) is 0. The van der Waals surface area contributed by atoms with Gasteiger partial charge in [0, 0.05) is 20.1 Å². The van der Waals surface area contributed by atoms with Gasteiger partial charge in [-0.1, -0.05) is 19.1 Å². The van der Waals surface area contributed by atoms with Gasteiger partial charge in [-0.15, -0.1) is 0 Å². The summed E-state index contributed by atoms with van der Waals surface area (Å²) in [6, 6.07) is 0. The molecule has 0 spiro atoms. The number of fused-ring (bicyclic) bond motifs is 2. The molecule has 0 aliphatic heterocycles. The molecule has 0 aromatic rings. The van der Waals surface area contributed by atoms with Gasteiger partial charge in [-0.3, -0.25) is 9.36 Å². The second kappa shape index (κ2) is 5.28. The highest BCUT2D eigenvalue weighted by molar-refractivity contribution is 7.54. The van der Waals surface area contributed by atoms with Crippen molar-refractivity contribution < 1.29 is 18.4 Å². The van der Waals surface area contributed by atoms with Crippen LogP contribution in [0.25, 0.3) is 0 Å². The van der Waals surface area contributed by atoms with Gasteiger partial charge in [0.05, 0.1) is 0 Å². The van der Waals surface area contributed by atoms with Crippen LogP contribution in [-0.2, 0) is 18.4 Å². The Hall–Kier alpha value is -0.440. The predicted molar refractivity (Wildman–Crippen MR) is 69.5 cm³/mol. The lowest BCUT2D eigenvalue weighted by Crippen LogP contribution is -2.26. The summed E-state index contributed by atoms with van der Waals surface area (Å²) in [7, 11) is -0.572. The van der Waals surface area contributed by atoms with Crippen LogP contribution in [0.2, 0.25) is 0 Å².